The van der Waals surface area contributed by atoms with Gasteiger partial charge >= 0.3 is 0 Å². The fraction of sp³-hybridized carbons (Fsp3) is 0.222. The van der Waals surface area contributed by atoms with Crippen molar-refractivity contribution in [1.29, 1.82) is 0 Å². The summed E-state index contributed by atoms with van der Waals surface area (Å²) in [6, 6.07) is 13.3. The van der Waals surface area contributed by atoms with Gasteiger partial charge in [-0.3, -0.25) is 4.79 Å². The molecule has 128 valence electrons. The summed E-state index contributed by atoms with van der Waals surface area (Å²) in [5, 5.41) is 3.71. The maximum Gasteiger partial charge on any atom is 0.243 e. The van der Waals surface area contributed by atoms with Gasteiger partial charge in [-0.25, -0.2) is 4.98 Å². The lowest BCUT2D eigenvalue weighted by atomic mass is 10.2. The number of ether oxygens (including phenoxy) is 2. The molecule has 4 rings (SSSR count). The Morgan fingerprint density at radius 2 is 2.00 bits per heavy atom. The number of fused-ring (bicyclic) bond motifs is 2. The van der Waals surface area contributed by atoms with Crippen molar-refractivity contribution in [2.24, 2.45) is 0 Å². The number of nitrogens with zero attached hydrogens (tertiary/aromatic N) is 2. The average molecular weight is 355 g/mol. The van der Waals surface area contributed by atoms with Crippen LogP contribution in [0.4, 0.5) is 10.8 Å². The Balaban J connectivity index is 1.43. The Hall–Kier alpha value is -2.80. The average Bonchev–Trinajstić information content (AvgIpc) is 3.06. The van der Waals surface area contributed by atoms with Gasteiger partial charge in [0.1, 0.15) is 13.2 Å². The van der Waals surface area contributed by atoms with Crippen LogP contribution >= 0.6 is 11.3 Å². The molecule has 1 N–H and O–H groups in total. The van der Waals surface area contributed by atoms with Crippen molar-refractivity contribution in [3.8, 4) is 11.5 Å². The number of benzene rings is 2. The smallest absolute Gasteiger partial charge is 0.243 e. The largest absolute Gasteiger partial charge is 0.486 e. The molecule has 0 saturated carbocycles. The first kappa shape index (κ1) is 15.7. The molecule has 0 saturated heterocycles. The lowest BCUT2D eigenvalue weighted by molar-refractivity contribution is -0.114. The number of nitrogens with one attached hydrogen (secondary N) is 1. The molecule has 0 aliphatic carbocycles. The second kappa shape index (κ2) is 6.60. The van der Waals surface area contributed by atoms with Crippen LogP contribution in [0.25, 0.3) is 10.2 Å². The zero-order valence-corrected chi connectivity index (χ0v) is 14.5. The standard InChI is InChI=1S/C18H17N3O3S/c1-21(18-20-13-4-2-3-5-16(13)25-18)11-17(22)19-12-6-7-14-15(10-12)24-9-8-23-14/h2-7,10H,8-9,11H2,1H3,(H,19,22). The van der Waals surface area contributed by atoms with Crippen molar-refractivity contribution in [3.05, 3.63) is 42.5 Å². The third-order valence-electron chi connectivity index (χ3n) is 3.82. The lowest BCUT2D eigenvalue weighted by Crippen LogP contribution is -2.30. The van der Waals surface area contributed by atoms with Gasteiger partial charge in [-0.05, 0) is 24.3 Å². The maximum atomic E-state index is 12.3. The van der Waals surface area contributed by atoms with Gasteiger partial charge in [-0.1, -0.05) is 23.5 Å². The molecule has 1 aromatic heterocycles. The molecule has 25 heavy (non-hydrogen) atoms. The number of carbonyl (C=O) groups is 1. The SMILES string of the molecule is CN(CC(=O)Nc1ccc2c(c1)OCCO2)c1nc2ccccc2s1. The molecule has 6 nitrogen and oxygen atoms in total. The molecule has 2 aromatic carbocycles. The third-order valence-corrected chi connectivity index (χ3v) is 4.97. The minimum Gasteiger partial charge on any atom is -0.486 e. The van der Waals surface area contributed by atoms with Crippen LogP contribution in [0.2, 0.25) is 0 Å². The van der Waals surface area contributed by atoms with E-state index in [4.69, 9.17) is 9.47 Å². The quantitative estimate of drug-likeness (QED) is 0.779. The van der Waals surface area contributed by atoms with Crippen LogP contribution in [0.15, 0.2) is 42.5 Å². The summed E-state index contributed by atoms with van der Waals surface area (Å²) >= 11 is 1.57. The molecule has 0 unspecified atom stereocenters. The summed E-state index contributed by atoms with van der Waals surface area (Å²) in [5.74, 6) is 1.25. The van der Waals surface area contributed by atoms with E-state index in [9.17, 15) is 4.79 Å². The predicted octanol–water partition coefficient (Wildman–Crippen LogP) is 3.14. The minimum atomic E-state index is -0.113. The molecule has 7 heteroatoms. The maximum absolute atomic E-state index is 12.3. The van der Waals surface area contributed by atoms with Gasteiger partial charge < -0.3 is 19.7 Å². The molecule has 2 heterocycles. The third kappa shape index (κ3) is 3.36. The van der Waals surface area contributed by atoms with E-state index in [2.05, 4.69) is 10.3 Å². The molecule has 3 aromatic rings. The van der Waals surface area contributed by atoms with E-state index in [1.54, 1.807) is 23.5 Å². The molecular formula is C18H17N3O3S. The zero-order chi connectivity index (χ0) is 17.2. The Kier molecular flexibility index (Phi) is 4.15. The second-order valence-corrected chi connectivity index (χ2v) is 6.74. The normalized spacial score (nSPS) is 12.8. The zero-order valence-electron chi connectivity index (χ0n) is 13.7. The van der Waals surface area contributed by atoms with Crippen LogP contribution in [0.1, 0.15) is 0 Å². The van der Waals surface area contributed by atoms with Crippen LogP contribution in [0.3, 0.4) is 0 Å². The van der Waals surface area contributed by atoms with Crippen LogP contribution < -0.4 is 19.7 Å². The first-order valence-corrected chi connectivity index (χ1v) is 8.77. The number of anilines is 2. The van der Waals surface area contributed by atoms with Crippen molar-refractivity contribution in [2.45, 2.75) is 0 Å². The van der Waals surface area contributed by atoms with Crippen molar-refractivity contribution in [2.75, 3.05) is 37.0 Å². The Morgan fingerprint density at radius 1 is 1.20 bits per heavy atom. The van der Waals surface area contributed by atoms with Gasteiger partial charge in [0, 0.05) is 18.8 Å². The number of hydrogen-bond acceptors (Lipinski definition) is 6. The second-order valence-electron chi connectivity index (χ2n) is 5.73. The molecular weight excluding hydrogens is 338 g/mol. The van der Waals surface area contributed by atoms with E-state index in [0.29, 0.717) is 30.4 Å². The highest BCUT2D eigenvalue weighted by Gasteiger charge is 2.15. The Bertz CT molecular complexity index is 892. The number of likely N-dealkylation sites (N-methyl/N-ethyl adjacent to an activating group) is 1. The molecule has 1 amide bonds. The van der Waals surface area contributed by atoms with E-state index < -0.39 is 0 Å². The molecule has 0 bridgehead atoms. The molecule has 0 spiro atoms. The summed E-state index contributed by atoms with van der Waals surface area (Å²) < 4.78 is 12.1. The number of carbonyl (C=O) groups excluding carboxylic acids is 1. The number of para-hydroxylation sites is 1. The van der Waals surface area contributed by atoms with Gasteiger partial charge in [0.25, 0.3) is 0 Å². The van der Waals surface area contributed by atoms with E-state index in [1.807, 2.05) is 42.3 Å². The number of thiazole rings is 1. The highest BCUT2D eigenvalue weighted by Crippen LogP contribution is 2.32. The van der Waals surface area contributed by atoms with Crippen LogP contribution in [-0.2, 0) is 4.79 Å². The van der Waals surface area contributed by atoms with Gasteiger partial charge in [-0.15, -0.1) is 0 Å². The topological polar surface area (TPSA) is 63.7 Å². The van der Waals surface area contributed by atoms with Crippen LogP contribution in [0.5, 0.6) is 11.5 Å². The van der Waals surface area contributed by atoms with Gasteiger partial charge in [-0.2, -0.15) is 0 Å². The molecule has 1 aliphatic heterocycles. The van der Waals surface area contributed by atoms with Crippen molar-refractivity contribution in [3.63, 3.8) is 0 Å². The summed E-state index contributed by atoms with van der Waals surface area (Å²) in [5.41, 5.74) is 1.63. The molecule has 0 radical (unpaired) electrons. The predicted molar refractivity (Wildman–Crippen MR) is 99.0 cm³/mol. The lowest BCUT2D eigenvalue weighted by Gasteiger charge is -2.19. The molecule has 0 fully saturated rings. The van der Waals surface area contributed by atoms with Gasteiger partial charge in [0.15, 0.2) is 16.6 Å². The summed E-state index contributed by atoms with van der Waals surface area (Å²) in [4.78, 5) is 18.7. The van der Waals surface area contributed by atoms with Crippen LogP contribution in [0, 0.1) is 0 Å². The van der Waals surface area contributed by atoms with E-state index >= 15 is 0 Å². The van der Waals surface area contributed by atoms with E-state index in [-0.39, 0.29) is 12.5 Å². The number of amides is 1. The van der Waals surface area contributed by atoms with E-state index in [0.717, 1.165) is 15.3 Å². The first-order valence-electron chi connectivity index (χ1n) is 7.95. The van der Waals surface area contributed by atoms with Gasteiger partial charge in [0.05, 0.1) is 16.8 Å². The Morgan fingerprint density at radius 3 is 2.84 bits per heavy atom. The van der Waals surface area contributed by atoms with Crippen LogP contribution in [-0.4, -0.2) is 37.7 Å². The number of hydrogen-bond donors (Lipinski definition) is 1. The summed E-state index contributed by atoms with van der Waals surface area (Å²) in [6.07, 6.45) is 0. The molecule has 0 atom stereocenters. The number of rotatable bonds is 4. The molecule has 1 aliphatic rings. The minimum absolute atomic E-state index is 0.113. The first-order chi connectivity index (χ1) is 12.2. The van der Waals surface area contributed by atoms with Crippen molar-refractivity contribution < 1.29 is 14.3 Å². The monoisotopic (exact) mass is 355 g/mol. The number of aromatic nitrogens is 1. The Labute approximate surface area is 149 Å². The fourth-order valence-electron chi connectivity index (χ4n) is 2.63. The fourth-order valence-corrected chi connectivity index (χ4v) is 3.55. The highest BCUT2D eigenvalue weighted by atomic mass is 32.1. The highest BCUT2D eigenvalue weighted by molar-refractivity contribution is 7.22. The van der Waals surface area contributed by atoms with Crippen molar-refractivity contribution >= 4 is 38.3 Å². The van der Waals surface area contributed by atoms with Gasteiger partial charge in [0.2, 0.25) is 5.91 Å². The summed E-state index contributed by atoms with van der Waals surface area (Å²) in [6.45, 7) is 1.28. The summed E-state index contributed by atoms with van der Waals surface area (Å²) in [7, 11) is 1.86. The van der Waals surface area contributed by atoms with Crippen molar-refractivity contribution in [1.82, 2.24) is 4.98 Å². The van der Waals surface area contributed by atoms with E-state index in [1.165, 1.54) is 0 Å².